The monoisotopic (exact) mass is 187 g/mol. The maximum absolute atomic E-state index is 9.98. The molecule has 1 aliphatic heterocycles. The van der Waals surface area contributed by atoms with E-state index in [-0.39, 0.29) is 0 Å². The lowest BCUT2D eigenvalue weighted by atomic mass is 9.98. The molecule has 0 radical (unpaired) electrons. The molecule has 0 saturated heterocycles. The Balaban J connectivity index is 2.28. The van der Waals surface area contributed by atoms with Crippen LogP contribution in [0.5, 0.6) is 0 Å². The van der Waals surface area contributed by atoms with Gasteiger partial charge in [0.05, 0.1) is 6.54 Å². The van der Waals surface area contributed by atoms with Crippen molar-refractivity contribution >= 4 is 0 Å². The Kier molecular flexibility index (Phi) is 2.53. The molecule has 0 aliphatic carbocycles. The van der Waals surface area contributed by atoms with Crippen molar-refractivity contribution in [3.63, 3.8) is 0 Å². The van der Waals surface area contributed by atoms with Crippen molar-refractivity contribution in [2.24, 2.45) is 0 Å². The number of aliphatic hydroxyl groups excluding tert-OH is 1. The van der Waals surface area contributed by atoms with E-state index in [9.17, 15) is 5.11 Å². The van der Waals surface area contributed by atoms with Crippen molar-refractivity contribution in [2.75, 3.05) is 13.1 Å². The van der Waals surface area contributed by atoms with E-state index in [2.05, 4.69) is 12.0 Å². The summed E-state index contributed by atoms with van der Waals surface area (Å²) in [6.07, 6.45) is 5.67. The molecule has 1 N–H and O–H groups in total. The van der Waals surface area contributed by atoms with Crippen LogP contribution in [0.3, 0.4) is 0 Å². The van der Waals surface area contributed by atoms with Gasteiger partial charge >= 0.3 is 0 Å². The first-order valence-electron chi connectivity index (χ1n) is 4.76. The summed E-state index contributed by atoms with van der Waals surface area (Å²) in [5.74, 6) is 2.56. The SMILES string of the molecule is C#CCN1CCc2ccccc2C1O. The Bertz CT molecular complexity index is 367. The lowest BCUT2D eigenvalue weighted by molar-refractivity contribution is 0.00328. The number of hydrogen-bond donors (Lipinski definition) is 1. The van der Waals surface area contributed by atoms with Crippen LogP contribution < -0.4 is 0 Å². The maximum Gasteiger partial charge on any atom is 0.134 e. The van der Waals surface area contributed by atoms with Gasteiger partial charge in [0, 0.05) is 6.54 Å². The molecule has 0 fully saturated rings. The summed E-state index contributed by atoms with van der Waals surface area (Å²) in [6, 6.07) is 7.97. The molecule has 0 spiro atoms. The maximum atomic E-state index is 9.98. The Labute approximate surface area is 84.2 Å². The van der Waals surface area contributed by atoms with Crippen LogP contribution in [0.2, 0.25) is 0 Å². The summed E-state index contributed by atoms with van der Waals surface area (Å²) < 4.78 is 0. The van der Waals surface area contributed by atoms with Gasteiger partial charge in [-0.1, -0.05) is 30.2 Å². The fraction of sp³-hybridized carbons (Fsp3) is 0.333. The number of rotatable bonds is 1. The van der Waals surface area contributed by atoms with Gasteiger partial charge in [-0.15, -0.1) is 6.42 Å². The van der Waals surface area contributed by atoms with E-state index in [1.54, 1.807) is 0 Å². The van der Waals surface area contributed by atoms with Crippen LogP contribution in [0.1, 0.15) is 17.4 Å². The normalized spacial score (nSPS) is 21.3. The van der Waals surface area contributed by atoms with Crippen molar-refractivity contribution in [1.82, 2.24) is 4.90 Å². The average molecular weight is 187 g/mol. The Morgan fingerprint density at radius 3 is 3.07 bits per heavy atom. The average Bonchev–Trinajstić information content (AvgIpc) is 2.23. The van der Waals surface area contributed by atoms with Crippen molar-refractivity contribution in [1.29, 1.82) is 0 Å². The first-order chi connectivity index (χ1) is 6.83. The third-order valence-electron chi connectivity index (χ3n) is 2.64. The Hall–Kier alpha value is -1.30. The zero-order valence-electron chi connectivity index (χ0n) is 7.98. The molecule has 1 aromatic rings. The minimum atomic E-state index is -0.531. The number of benzene rings is 1. The quantitative estimate of drug-likeness (QED) is 0.667. The van der Waals surface area contributed by atoms with E-state index < -0.39 is 6.23 Å². The number of hydrogen-bond acceptors (Lipinski definition) is 2. The predicted octanol–water partition coefficient (Wildman–Crippen LogP) is 1.17. The highest BCUT2D eigenvalue weighted by Gasteiger charge is 2.23. The second kappa shape index (κ2) is 3.83. The first-order valence-corrected chi connectivity index (χ1v) is 4.76. The summed E-state index contributed by atoms with van der Waals surface area (Å²) in [7, 11) is 0. The summed E-state index contributed by atoms with van der Waals surface area (Å²) >= 11 is 0. The van der Waals surface area contributed by atoms with Gasteiger partial charge in [0.1, 0.15) is 6.23 Å². The van der Waals surface area contributed by atoms with Crippen LogP contribution >= 0.6 is 0 Å². The standard InChI is InChI=1S/C12H13NO/c1-2-8-13-9-7-10-5-3-4-6-11(10)12(13)14/h1,3-6,12,14H,7-9H2. The van der Waals surface area contributed by atoms with E-state index in [0.717, 1.165) is 18.5 Å². The molecule has 2 heteroatoms. The molecule has 2 rings (SSSR count). The molecule has 72 valence electrons. The highest BCUT2D eigenvalue weighted by Crippen LogP contribution is 2.26. The van der Waals surface area contributed by atoms with Crippen LogP contribution in [0, 0.1) is 12.3 Å². The van der Waals surface area contributed by atoms with Crippen LogP contribution in [-0.4, -0.2) is 23.1 Å². The van der Waals surface area contributed by atoms with Gasteiger partial charge in [0.15, 0.2) is 0 Å². The van der Waals surface area contributed by atoms with Crippen molar-refractivity contribution in [2.45, 2.75) is 12.6 Å². The van der Waals surface area contributed by atoms with Gasteiger partial charge in [0.2, 0.25) is 0 Å². The Morgan fingerprint density at radius 2 is 2.29 bits per heavy atom. The van der Waals surface area contributed by atoms with Crippen LogP contribution in [-0.2, 0) is 6.42 Å². The summed E-state index contributed by atoms with van der Waals surface area (Å²) in [5.41, 5.74) is 2.22. The minimum absolute atomic E-state index is 0.509. The van der Waals surface area contributed by atoms with E-state index in [4.69, 9.17) is 6.42 Å². The molecule has 0 aromatic heterocycles. The fourth-order valence-electron chi connectivity index (χ4n) is 1.88. The van der Waals surface area contributed by atoms with E-state index in [0.29, 0.717) is 6.54 Å². The second-order valence-corrected chi connectivity index (χ2v) is 3.50. The first kappa shape index (κ1) is 9.26. The second-order valence-electron chi connectivity index (χ2n) is 3.50. The number of fused-ring (bicyclic) bond motifs is 1. The van der Waals surface area contributed by atoms with Gasteiger partial charge in [-0.2, -0.15) is 0 Å². The number of terminal acetylenes is 1. The largest absolute Gasteiger partial charge is 0.374 e. The van der Waals surface area contributed by atoms with Crippen molar-refractivity contribution in [3.05, 3.63) is 35.4 Å². The summed E-state index contributed by atoms with van der Waals surface area (Å²) in [5, 5.41) is 9.98. The topological polar surface area (TPSA) is 23.5 Å². The van der Waals surface area contributed by atoms with Gasteiger partial charge in [-0.25, -0.2) is 0 Å². The minimum Gasteiger partial charge on any atom is -0.374 e. The third kappa shape index (κ3) is 1.52. The van der Waals surface area contributed by atoms with Gasteiger partial charge < -0.3 is 5.11 Å². The molecule has 0 bridgehead atoms. The molecule has 1 aromatic carbocycles. The third-order valence-corrected chi connectivity index (χ3v) is 2.64. The molecule has 1 atom stereocenters. The van der Waals surface area contributed by atoms with E-state index in [1.165, 1.54) is 5.56 Å². The lowest BCUT2D eigenvalue weighted by Gasteiger charge is -2.32. The zero-order valence-corrected chi connectivity index (χ0v) is 7.98. The summed E-state index contributed by atoms with van der Waals surface area (Å²) in [4.78, 5) is 1.91. The van der Waals surface area contributed by atoms with E-state index in [1.807, 2.05) is 23.1 Å². The molecule has 1 heterocycles. The molecule has 0 amide bonds. The highest BCUT2D eigenvalue weighted by atomic mass is 16.3. The highest BCUT2D eigenvalue weighted by molar-refractivity contribution is 5.31. The van der Waals surface area contributed by atoms with Gasteiger partial charge in [0.25, 0.3) is 0 Å². The predicted molar refractivity (Wildman–Crippen MR) is 55.5 cm³/mol. The summed E-state index contributed by atoms with van der Waals surface area (Å²) in [6.45, 7) is 1.35. The lowest BCUT2D eigenvalue weighted by Crippen LogP contribution is -2.35. The molecular formula is C12H13NO. The van der Waals surface area contributed by atoms with Crippen LogP contribution in [0.15, 0.2) is 24.3 Å². The number of nitrogens with zero attached hydrogens (tertiary/aromatic N) is 1. The molecule has 14 heavy (non-hydrogen) atoms. The zero-order chi connectivity index (χ0) is 9.97. The van der Waals surface area contributed by atoms with Crippen molar-refractivity contribution < 1.29 is 5.11 Å². The van der Waals surface area contributed by atoms with Gasteiger partial charge in [-0.3, -0.25) is 4.90 Å². The van der Waals surface area contributed by atoms with Crippen molar-refractivity contribution in [3.8, 4) is 12.3 Å². The van der Waals surface area contributed by atoms with Crippen LogP contribution in [0.25, 0.3) is 0 Å². The molecular weight excluding hydrogens is 174 g/mol. The molecule has 1 aliphatic rings. The van der Waals surface area contributed by atoms with Gasteiger partial charge in [-0.05, 0) is 17.5 Å². The molecule has 0 saturated carbocycles. The van der Waals surface area contributed by atoms with E-state index >= 15 is 0 Å². The number of aliphatic hydroxyl groups is 1. The van der Waals surface area contributed by atoms with Crippen LogP contribution in [0.4, 0.5) is 0 Å². The Morgan fingerprint density at radius 1 is 1.50 bits per heavy atom. The molecule has 1 unspecified atom stereocenters. The fourth-order valence-corrected chi connectivity index (χ4v) is 1.88. The smallest absolute Gasteiger partial charge is 0.134 e. The molecule has 2 nitrogen and oxygen atoms in total.